The van der Waals surface area contributed by atoms with Gasteiger partial charge in [-0.3, -0.25) is 0 Å². The Kier molecular flexibility index (Phi) is 5.08. The Morgan fingerprint density at radius 2 is 1.02 bits per heavy atom. The van der Waals surface area contributed by atoms with Crippen LogP contribution in [-0.2, 0) is 0 Å². The van der Waals surface area contributed by atoms with E-state index in [0.29, 0.717) is 11.1 Å². The summed E-state index contributed by atoms with van der Waals surface area (Å²) in [6.45, 7) is 0. The molecule has 0 aliphatic rings. The fourth-order valence-corrected chi connectivity index (χ4v) is 7.50. The molecule has 0 atom stereocenters. The van der Waals surface area contributed by atoms with Gasteiger partial charge in [-0.1, -0.05) is 121 Å². The predicted molar refractivity (Wildman–Crippen MR) is 205 cm³/mol. The molecule has 0 unspecified atom stereocenters. The molecule has 0 saturated carbocycles. The lowest BCUT2D eigenvalue weighted by Crippen LogP contribution is -2.09. The largest absolute Gasteiger partial charge is 0.311 e. The highest BCUT2D eigenvalue weighted by Gasteiger charge is 2.20. The van der Waals surface area contributed by atoms with Gasteiger partial charge in [-0.2, -0.15) is 0 Å². The summed E-state index contributed by atoms with van der Waals surface area (Å²) in [5, 5.41) is 8.74. The van der Waals surface area contributed by atoms with Gasteiger partial charge < -0.3 is 9.47 Å². The maximum Gasteiger partial charge on any atom is 0.0645 e. The van der Waals surface area contributed by atoms with E-state index in [0.717, 1.165) is 60.4 Å². The van der Waals surface area contributed by atoms with Gasteiger partial charge in [-0.15, -0.1) is 0 Å². The van der Waals surface area contributed by atoms with E-state index < -0.39 is 0 Å². The zero-order chi connectivity index (χ0) is 35.1. The van der Waals surface area contributed by atoms with Crippen molar-refractivity contribution in [3.05, 3.63) is 182 Å². The summed E-state index contributed by atoms with van der Waals surface area (Å²) in [5.41, 5.74) is 6.06. The Hall–Kier alpha value is -6.38. The van der Waals surface area contributed by atoms with E-state index in [9.17, 15) is 5.48 Å². The van der Waals surface area contributed by atoms with Crippen molar-refractivity contribution in [2.24, 2.45) is 0 Å². The van der Waals surface area contributed by atoms with E-state index in [2.05, 4.69) is 83.4 Å². The molecule has 2 nitrogen and oxygen atoms in total. The number of fused-ring (bicyclic) bond motifs is 4. The summed E-state index contributed by atoms with van der Waals surface area (Å²) in [5.74, 6) is 0. The molecule has 0 aliphatic heterocycles. The van der Waals surface area contributed by atoms with Crippen LogP contribution in [0.3, 0.4) is 0 Å². The highest BCUT2D eigenvalue weighted by molar-refractivity contribution is 6.32. The zero-order valence-electron chi connectivity index (χ0n) is 29.9. The van der Waals surface area contributed by atoms with Crippen LogP contribution in [-0.4, -0.2) is 4.57 Å². The van der Waals surface area contributed by atoms with Crippen molar-refractivity contribution >= 4 is 71.2 Å². The van der Waals surface area contributed by atoms with Gasteiger partial charge in [0.1, 0.15) is 0 Å². The standard InChI is InChI=1S/C46H30N2/c1-4-12-34(13-5-1)47(35-14-6-2-7-15-35)37-25-20-31(21-26-37)38-27-22-32-23-29-41-45-33(24-28-40(38)44(32)45)30-42-39-18-10-11-19-43(39)48(46(41)42)36-16-8-3-9-17-36/h1-30H/i20D,21D,25D,26D. The van der Waals surface area contributed by atoms with Gasteiger partial charge in [0.05, 0.1) is 16.5 Å². The molecule has 224 valence electrons. The highest BCUT2D eigenvalue weighted by atomic mass is 15.1. The van der Waals surface area contributed by atoms with Crippen LogP contribution >= 0.6 is 0 Å². The number of benzene rings is 9. The average Bonchev–Trinajstić information content (AvgIpc) is 3.53. The van der Waals surface area contributed by atoms with Crippen LogP contribution in [0.2, 0.25) is 0 Å². The van der Waals surface area contributed by atoms with E-state index in [4.69, 9.17) is 0 Å². The summed E-state index contributed by atoms with van der Waals surface area (Å²) >= 11 is 0. The molecule has 48 heavy (non-hydrogen) atoms. The Morgan fingerprint density at radius 1 is 0.438 bits per heavy atom. The topological polar surface area (TPSA) is 8.17 Å². The minimum absolute atomic E-state index is 0.0745. The molecule has 0 aliphatic carbocycles. The van der Waals surface area contributed by atoms with Crippen LogP contribution in [0, 0.1) is 0 Å². The third-order valence-corrected chi connectivity index (χ3v) is 9.56. The van der Waals surface area contributed by atoms with Crippen LogP contribution in [0.25, 0.3) is 70.9 Å². The van der Waals surface area contributed by atoms with Crippen LogP contribution in [0.4, 0.5) is 17.1 Å². The molecule has 9 aromatic carbocycles. The third kappa shape index (κ3) is 4.00. The first-order valence-corrected chi connectivity index (χ1v) is 16.2. The number of anilines is 3. The molecule has 1 aromatic heterocycles. The molecule has 0 bridgehead atoms. The van der Waals surface area contributed by atoms with Gasteiger partial charge in [0.25, 0.3) is 0 Å². The third-order valence-electron chi connectivity index (χ3n) is 9.56. The van der Waals surface area contributed by atoms with Gasteiger partial charge in [0.15, 0.2) is 0 Å². The molecule has 10 rings (SSSR count). The van der Waals surface area contributed by atoms with Crippen LogP contribution in [0.15, 0.2) is 182 Å². The maximum atomic E-state index is 9.44. The summed E-state index contributed by atoms with van der Waals surface area (Å²) in [6, 6.07) is 52.7. The lowest BCUT2D eigenvalue weighted by atomic mass is 9.89. The molecule has 0 spiro atoms. The monoisotopic (exact) mass is 614 g/mol. The number of para-hydroxylation sites is 4. The van der Waals surface area contributed by atoms with E-state index in [1.807, 2.05) is 83.8 Å². The average molecular weight is 615 g/mol. The van der Waals surface area contributed by atoms with Crippen molar-refractivity contribution < 1.29 is 5.48 Å². The van der Waals surface area contributed by atoms with Gasteiger partial charge in [0.2, 0.25) is 0 Å². The maximum absolute atomic E-state index is 9.44. The lowest BCUT2D eigenvalue weighted by Gasteiger charge is -2.25. The predicted octanol–water partition coefficient (Wildman–Crippen LogP) is 12.8. The van der Waals surface area contributed by atoms with Gasteiger partial charge >= 0.3 is 0 Å². The Balaban J connectivity index is 1.26. The second-order valence-corrected chi connectivity index (χ2v) is 12.2. The molecule has 0 radical (unpaired) electrons. The number of aromatic nitrogens is 1. The van der Waals surface area contributed by atoms with Crippen molar-refractivity contribution in [1.29, 1.82) is 0 Å². The summed E-state index contributed by atoms with van der Waals surface area (Å²) in [7, 11) is 0. The second-order valence-electron chi connectivity index (χ2n) is 12.2. The molecule has 10 aromatic rings. The molecule has 0 N–H and O–H groups in total. The van der Waals surface area contributed by atoms with Gasteiger partial charge in [0, 0.05) is 38.9 Å². The SMILES string of the molecule is [2H]c1c([2H])c(N(c2ccccc2)c2ccccc2)c([2H])c([2H])c1-c1ccc2ccc3c4c(ccc1c24)cc1c2ccccc2n(-c2ccccc2)c13. The minimum atomic E-state index is -0.0940. The van der Waals surface area contributed by atoms with E-state index in [1.165, 1.54) is 10.8 Å². The van der Waals surface area contributed by atoms with Gasteiger partial charge in [-0.05, 0) is 98.7 Å². The normalized spacial score (nSPS) is 12.9. The van der Waals surface area contributed by atoms with Crippen LogP contribution in [0.5, 0.6) is 0 Å². The van der Waals surface area contributed by atoms with Gasteiger partial charge in [-0.25, -0.2) is 0 Å². The van der Waals surface area contributed by atoms with Crippen molar-refractivity contribution in [2.75, 3.05) is 4.90 Å². The summed E-state index contributed by atoms with van der Waals surface area (Å²) in [6.07, 6.45) is 0. The fourth-order valence-electron chi connectivity index (χ4n) is 7.50. The molecule has 2 heteroatoms. The first kappa shape index (κ1) is 23.0. The Bertz CT molecular complexity index is 2920. The van der Waals surface area contributed by atoms with Crippen molar-refractivity contribution in [3.8, 4) is 16.8 Å². The minimum Gasteiger partial charge on any atom is -0.311 e. The fraction of sp³-hybridized carbons (Fsp3) is 0. The van der Waals surface area contributed by atoms with Crippen molar-refractivity contribution in [2.45, 2.75) is 0 Å². The Labute approximate surface area is 284 Å². The first-order chi connectivity index (χ1) is 25.5. The number of rotatable bonds is 5. The number of hydrogen-bond donors (Lipinski definition) is 0. The quantitative estimate of drug-likeness (QED) is 0.175. The molecule has 0 saturated heterocycles. The first-order valence-electron chi connectivity index (χ1n) is 18.2. The van der Waals surface area contributed by atoms with E-state index >= 15 is 0 Å². The molecule has 0 fully saturated rings. The summed E-state index contributed by atoms with van der Waals surface area (Å²) < 4.78 is 40.0. The van der Waals surface area contributed by atoms with E-state index in [-0.39, 0.29) is 29.9 Å². The van der Waals surface area contributed by atoms with Crippen molar-refractivity contribution in [3.63, 3.8) is 0 Å². The highest BCUT2D eigenvalue weighted by Crippen LogP contribution is 2.45. The number of hydrogen-bond acceptors (Lipinski definition) is 1. The molecule has 1 heterocycles. The lowest BCUT2D eigenvalue weighted by molar-refractivity contribution is 1.19. The molecular formula is C46H30N2. The van der Waals surface area contributed by atoms with Crippen molar-refractivity contribution in [1.82, 2.24) is 4.57 Å². The zero-order valence-corrected chi connectivity index (χ0v) is 25.9. The van der Waals surface area contributed by atoms with Crippen LogP contribution < -0.4 is 4.90 Å². The summed E-state index contributed by atoms with van der Waals surface area (Å²) in [4.78, 5) is 1.81. The smallest absolute Gasteiger partial charge is 0.0645 e. The number of nitrogens with zero attached hydrogens (tertiary/aromatic N) is 2. The van der Waals surface area contributed by atoms with E-state index in [1.54, 1.807) is 0 Å². The Morgan fingerprint density at radius 3 is 1.75 bits per heavy atom. The van der Waals surface area contributed by atoms with Crippen LogP contribution in [0.1, 0.15) is 5.48 Å². The molecule has 0 amide bonds. The molecular weight excluding hydrogens is 581 g/mol. The second kappa shape index (κ2) is 10.6.